The molecule has 0 radical (unpaired) electrons. The first-order chi connectivity index (χ1) is 6.02. The largest absolute Gasteiger partial charge is 0.465 e. The van der Waals surface area contributed by atoms with Crippen LogP contribution < -0.4 is 5.32 Å². The van der Waals surface area contributed by atoms with Crippen molar-refractivity contribution in [2.24, 2.45) is 0 Å². The average molecular weight is 186 g/mol. The van der Waals surface area contributed by atoms with Gasteiger partial charge in [0.2, 0.25) is 5.91 Å². The molecule has 0 aromatic rings. The number of hydrogen-bond acceptors (Lipinski definition) is 2. The molecule has 1 fully saturated rings. The van der Waals surface area contributed by atoms with Gasteiger partial charge in [0.25, 0.3) is 0 Å². The van der Waals surface area contributed by atoms with Gasteiger partial charge in [0.1, 0.15) is 6.04 Å². The van der Waals surface area contributed by atoms with Crippen LogP contribution in [-0.2, 0) is 4.79 Å². The molecule has 2 N–H and O–H groups in total. The van der Waals surface area contributed by atoms with E-state index in [-0.39, 0.29) is 11.9 Å². The Bertz CT molecular complexity index is 229. The van der Waals surface area contributed by atoms with Crippen molar-refractivity contribution in [2.75, 3.05) is 6.54 Å². The molecular formula is C8H14N2O3. The number of amides is 2. The van der Waals surface area contributed by atoms with E-state index in [1.165, 1.54) is 4.90 Å². The van der Waals surface area contributed by atoms with Crippen molar-refractivity contribution in [2.45, 2.75) is 32.4 Å². The molecule has 2 atom stereocenters. The highest BCUT2D eigenvalue weighted by molar-refractivity contribution is 5.85. The van der Waals surface area contributed by atoms with Crippen LogP contribution in [0.15, 0.2) is 0 Å². The first-order valence-corrected chi connectivity index (χ1v) is 4.32. The van der Waals surface area contributed by atoms with E-state index < -0.39 is 12.1 Å². The lowest BCUT2D eigenvalue weighted by atomic mass is 10.2. The number of carboxylic acid groups (broad SMARTS) is 1. The summed E-state index contributed by atoms with van der Waals surface area (Å²) in [6.45, 7) is 3.88. The highest BCUT2D eigenvalue weighted by Gasteiger charge is 2.29. The third-order valence-electron chi connectivity index (χ3n) is 2.28. The molecule has 0 aliphatic carbocycles. The fourth-order valence-corrected chi connectivity index (χ4v) is 1.36. The van der Waals surface area contributed by atoms with Gasteiger partial charge in [-0.25, -0.2) is 4.79 Å². The predicted molar refractivity (Wildman–Crippen MR) is 46.4 cm³/mol. The molecule has 2 amide bonds. The molecule has 74 valence electrons. The van der Waals surface area contributed by atoms with Crippen LogP contribution in [0.5, 0.6) is 0 Å². The molecule has 1 heterocycles. The van der Waals surface area contributed by atoms with Crippen LogP contribution >= 0.6 is 0 Å². The molecule has 5 nitrogen and oxygen atoms in total. The van der Waals surface area contributed by atoms with E-state index in [0.29, 0.717) is 13.0 Å². The molecule has 13 heavy (non-hydrogen) atoms. The zero-order valence-corrected chi connectivity index (χ0v) is 7.78. The monoisotopic (exact) mass is 186 g/mol. The lowest BCUT2D eigenvalue weighted by Crippen LogP contribution is -2.45. The summed E-state index contributed by atoms with van der Waals surface area (Å²) in [5.74, 6) is -0.215. The van der Waals surface area contributed by atoms with Crippen molar-refractivity contribution < 1.29 is 14.7 Å². The van der Waals surface area contributed by atoms with Gasteiger partial charge in [0.05, 0.1) is 0 Å². The summed E-state index contributed by atoms with van der Waals surface area (Å²) in [5.41, 5.74) is 0. The zero-order chi connectivity index (χ0) is 10.0. The third kappa shape index (κ3) is 2.11. The van der Waals surface area contributed by atoms with E-state index in [1.807, 2.05) is 6.92 Å². The number of nitrogens with zero attached hydrogens (tertiary/aromatic N) is 1. The van der Waals surface area contributed by atoms with Crippen LogP contribution in [0, 0.1) is 0 Å². The van der Waals surface area contributed by atoms with Gasteiger partial charge >= 0.3 is 6.09 Å². The van der Waals surface area contributed by atoms with Gasteiger partial charge in [-0.3, -0.25) is 9.69 Å². The summed E-state index contributed by atoms with van der Waals surface area (Å²) in [6.07, 6.45) is -0.362. The summed E-state index contributed by atoms with van der Waals surface area (Å²) in [7, 11) is 0. The number of carbonyl (C=O) groups is 2. The van der Waals surface area contributed by atoms with Crippen LogP contribution in [-0.4, -0.2) is 40.6 Å². The van der Waals surface area contributed by atoms with Crippen molar-refractivity contribution in [1.82, 2.24) is 10.2 Å². The average Bonchev–Trinajstić information content (AvgIpc) is 2.13. The van der Waals surface area contributed by atoms with Gasteiger partial charge in [-0.05, 0) is 20.3 Å². The minimum absolute atomic E-state index is 0.0549. The van der Waals surface area contributed by atoms with Crippen LogP contribution in [0.4, 0.5) is 4.79 Å². The fourth-order valence-electron chi connectivity index (χ4n) is 1.36. The molecule has 5 heteroatoms. The molecule has 1 unspecified atom stereocenters. The van der Waals surface area contributed by atoms with Crippen LogP contribution in [0.3, 0.4) is 0 Å². The first kappa shape index (κ1) is 9.83. The fraction of sp³-hybridized carbons (Fsp3) is 0.750. The maximum absolute atomic E-state index is 11.3. The standard InChI is InChI=1S/C8H14N2O3/c1-5-3-4-10(8(12)13)6(2)7(11)9-5/h5-6H,3-4H2,1-2H3,(H,9,11)(H,12,13)/t5?,6-/m1/s1. The molecule has 1 aliphatic heterocycles. The second kappa shape index (κ2) is 3.64. The van der Waals surface area contributed by atoms with Crippen LogP contribution in [0.1, 0.15) is 20.3 Å². The van der Waals surface area contributed by atoms with E-state index in [4.69, 9.17) is 5.11 Å². The molecule has 0 spiro atoms. The quantitative estimate of drug-likeness (QED) is 0.570. The molecule has 0 aromatic heterocycles. The summed E-state index contributed by atoms with van der Waals surface area (Å²) in [6, 6.07) is -0.526. The van der Waals surface area contributed by atoms with E-state index in [0.717, 1.165) is 0 Å². The van der Waals surface area contributed by atoms with Crippen molar-refractivity contribution in [3.8, 4) is 0 Å². The van der Waals surface area contributed by atoms with Crippen molar-refractivity contribution in [1.29, 1.82) is 0 Å². The minimum atomic E-state index is -1.03. The van der Waals surface area contributed by atoms with Crippen LogP contribution in [0.2, 0.25) is 0 Å². The Morgan fingerprint density at radius 2 is 2.23 bits per heavy atom. The Balaban J connectivity index is 2.75. The Labute approximate surface area is 76.7 Å². The van der Waals surface area contributed by atoms with Gasteiger partial charge in [0, 0.05) is 12.6 Å². The highest BCUT2D eigenvalue weighted by atomic mass is 16.4. The van der Waals surface area contributed by atoms with Crippen molar-refractivity contribution >= 4 is 12.0 Å². The Morgan fingerprint density at radius 3 is 2.77 bits per heavy atom. The third-order valence-corrected chi connectivity index (χ3v) is 2.28. The smallest absolute Gasteiger partial charge is 0.407 e. The number of nitrogens with one attached hydrogen (secondary N) is 1. The van der Waals surface area contributed by atoms with E-state index in [9.17, 15) is 9.59 Å². The molecule has 1 saturated heterocycles. The molecule has 0 bridgehead atoms. The summed E-state index contributed by atoms with van der Waals surface area (Å²) >= 11 is 0. The first-order valence-electron chi connectivity index (χ1n) is 4.32. The van der Waals surface area contributed by atoms with Crippen molar-refractivity contribution in [3.05, 3.63) is 0 Å². The normalized spacial score (nSPS) is 29.4. The van der Waals surface area contributed by atoms with Crippen LogP contribution in [0.25, 0.3) is 0 Å². The summed E-state index contributed by atoms with van der Waals surface area (Å²) in [5, 5.41) is 11.5. The Kier molecular flexibility index (Phi) is 2.75. The lowest BCUT2D eigenvalue weighted by Gasteiger charge is -2.21. The molecule has 0 saturated carbocycles. The molecule has 1 rings (SSSR count). The van der Waals surface area contributed by atoms with Gasteiger partial charge < -0.3 is 10.4 Å². The Morgan fingerprint density at radius 1 is 1.62 bits per heavy atom. The molecular weight excluding hydrogens is 172 g/mol. The van der Waals surface area contributed by atoms with E-state index in [1.54, 1.807) is 6.92 Å². The molecule has 0 aromatic carbocycles. The molecule has 1 aliphatic rings. The second-order valence-electron chi connectivity index (χ2n) is 3.35. The summed E-state index contributed by atoms with van der Waals surface area (Å²) in [4.78, 5) is 23.2. The van der Waals surface area contributed by atoms with Crippen molar-refractivity contribution in [3.63, 3.8) is 0 Å². The topological polar surface area (TPSA) is 69.6 Å². The summed E-state index contributed by atoms with van der Waals surface area (Å²) < 4.78 is 0. The van der Waals surface area contributed by atoms with Gasteiger partial charge in [-0.2, -0.15) is 0 Å². The zero-order valence-electron chi connectivity index (χ0n) is 7.78. The maximum atomic E-state index is 11.3. The predicted octanol–water partition coefficient (Wildman–Crippen LogP) is 0.263. The van der Waals surface area contributed by atoms with Gasteiger partial charge in [-0.15, -0.1) is 0 Å². The number of hydrogen-bond donors (Lipinski definition) is 2. The number of rotatable bonds is 0. The minimum Gasteiger partial charge on any atom is -0.465 e. The van der Waals surface area contributed by atoms with Gasteiger partial charge in [-0.1, -0.05) is 0 Å². The SMILES string of the molecule is CC1CCN(C(=O)O)[C@H](C)C(=O)N1. The second-order valence-corrected chi connectivity index (χ2v) is 3.35. The maximum Gasteiger partial charge on any atom is 0.407 e. The van der Waals surface area contributed by atoms with E-state index >= 15 is 0 Å². The lowest BCUT2D eigenvalue weighted by molar-refractivity contribution is -0.124. The van der Waals surface area contributed by atoms with E-state index in [2.05, 4.69) is 5.32 Å². The number of carbonyl (C=O) groups excluding carboxylic acids is 1. The van der Waals surface area contributed by atoms with Gasteiger partial charge in [0.15, 0.2) is 0 Å². The highest BCUT2D eigenvalue weighted by Crippen LogP contribution is 2.08. The Hall–Kier alpha value is -1.26.